The Hall–Kier alpha value is -2.51. The molecule has 1 aromatic carbocycles. The summed E-state index contributed by atoms with van der Waals surface area (Å²) in [6.07, 6.45) is -3.21. The first-order chi connectivity index (χ1) is 14.5. The SMILES string of the molecule is CN1CCN(C(=O)c2cn(CCN(C)S(=O)(=O)c3cccc(C(F)(F)F)c3)nn2)CC1. The zero-order valence-electron chi connectivity index (χ0n) is 17.1. The van der Waals surface area contributed by atoms with Crippen LogP contribution in [0.15, 0.2) is 35.4 Å². The summed E-state index contributed by atoms with van der Waals surface area (Å²) in [5.74, 6) is -0.246. The number of aromatic nitrogens is 3. The fourth-order valence-electron chi connectivity index (χ4n) is 3.05. The number of benzene rings is 1. The Labute approximate surface area is 178 Å². The van der Waals surface area contributed by atoms with Crippen LogP contribution < -0.4 is 0 Å². The van der Waals surface area contributed by atoms with Crippen LogP contribution in [0, 0.1) is 0 Å². The van der Waals surface area contributed by atoms with Crippen molar-refractivity contribution in [3.8, 4) is 0 Å². The number of amides is 1. The Morgan fingerprint density at radius 1 is 1.19 bits per heavy atom. The van der Waals surface area contributed by atoms with Crippen LogP contribution in [-0.2, 0) is 22.7 Å². The van der Waals surface area contributed by atoms with E-state index in [1.54, 1.807) is 4.90 Å². The molecule has 1 aliphatic heterocycles. The number of carbonyl (C=O) groups is 1. The first kappa shape index (κ1) is 23.2. The molecule has 1 saturated heterocycles. The van der Waals surface area contributed by atoms with Crippen molar-refractivity contribution in [1.29, 1.82) is 0 Å². The summed E-state index contributed by atoms with van der Waals surface area (Å²) in [6, 6.07) is 3.59. The smallest absolute Gasteiger partial charge is 0.335 e. The van der Waals surface area contributed by atoms with Gasteiger partial charge >= 0.3 is 6.18 Å². The molecular weight excluding hydrogens is 437 g/mol. The Balaban J connectivity index is 1.63. The van der Waals surface area contributed by atoms with Gasteiger partial charge in [0.05, 0.1) is 23.2 Å². The molecular formula is C18H23F3N6O3S. The van der Waals surface area contributed by atoms with Crippen LogP contribution >= 0.6 is 0 Å². The van der Waals surface area contributed by atoms with Gasteiger partial charge in [-0.3, -0.25) is 9.48 Å². The molecule has 0 bridgehead atoms. The first-order valence-electron chi connectivity index (χ1n) is 9.50. The lowest BCUT2D eigenvalue weighted by molar-refractivity contribution is -0.137. The van der Waals surface area contributed by atoms with E-state index in [0.29, 0.717) is 19.2 Å². The number of sulfonamides is 1. The van der Waals surface area contributed by atoms with Crippen molar-refractivity contribution in [2.45, 2.75) is 17.6 Å². The molecule has 31 heavy (non-hydrogen) atoms. The second-order valence-electron chi connectivity index (χ2n) is 7.31. The van der Waals surface area contributed by atoms with E-state index in [1.165, 1.54) is 17.9 Å². The zero-order valence-corrected chi connectivity index (χ0v) is 17.9. The van der Waals surface area contributed by atoms with Gasteiger partial charge in [0, 0.05) is 39.8 Å². The molecule has 0 aliphatic carbocycles. The van der Waals surface area contributed by atoms with Gasteiger partial charge in [-0.2, -0.15) is 17.5 Å². The number of hydrogen-bond acceptors (Lipinski definition) is 6. The van der Waals surface area contributed by atoms with Crippen molar-refractivity contribution < 1.29 is 26.4 Å². The number of carbonyl (C=O) groups excluding carboxylic acids is 1. The van der Waals surface area contributed by atoms with Crippen molar-refractivity contribution in [1.82, 2.24) is 29.1 Å². The highest BCUT2D eigenvalue weighted by Gasteiger charge is 2.32. The summed E-state index contributed by atoms with van der Waals surface area (Å²) in [4.78, 5) is 15.9. The van der Waals surface area contributed by atoms with Gasteiger partial charge in [0.1, 0.15) is 0 Å². The number of alkyl halides is 3. The average molecular weight is 460 g/mol. The Bertz CT molecular complexity index is 1030. The fraction of sp³-hybridized carbons (Fsp3) is 0.500. The van der Waals surface area contributed by atoms with E-state index in [1.807, 2.05) is 7.05 Å². The van der Waals surface area contributed by atoms with Gasteiger partial charge in [-0.1, -0.05) is 11.3 Å². The monoisotopic (exact) mass is 460 g/mol. The van der Waals surface area contributed by atoms with Gasteiger partial charge in [-0.15, -0.1) is 5.10 Å². The van der Waals surface area contributed by atoms with E-state index in [9.17, 15) is 26.4 Å². The molecule has 0 N–H and O–H groups in total. The maximum absolute atomic E-state index is 12.9. The molecule has 0 saturated carbocycles. The van der Waals surface area contributed by atoms with Crippen LogP contribution in [0.3, 0.4) is 0 Å². The molecule has 1 aromatic heterocycles. The van der Waals surface area contributed by atoms with Crippen molar-refractivity contribution >= 4 is 15.9 Å². The highest BCUT2D eigenvalue weighted by Crippen LogP contribution is 2.31. The maximum atomic E-state index is 12.9. The molecule has 170 valence electrons. The highest BCUT2D eigenvalue weighted by atomic mass is 32.2. The minimum atomic E-state index is -4.64. The van der Waals surface area contributed by atoms with Crippen molar-refractivity contribution in [2.24, 2.45) is 0 Å². The van der Waals surface area contributed by atoms with Crippen molar-refractivity contribution in [3.63, 3.8) is 0 Å². The van der Waals surface area contributed by atoms with Crippen LogP contribution in [0.1, 0.15) is 16.1 Å². The van der Waals surface area contributed by atoms with Crippen LogP contribution in [0.2, 0.25) is 0 Å². The summed E-state index contributed by atoms with van der Waals surface area (Å²) in [5.41, 5.74) is -0.877. The fourth-order valence-corrected chi connectivity index (χ4v) is 4.26. The quantitative estimate of drug-likeness (QED) is 0.639. The number of hydrogen-bond donors (Lipinski definition) is 0. The second-order valence-corrected chi connectivity index (χ2v) is 9.36. The molecule has 0 spiro atoms. The molecule has 1 fully saturated rings. The lowest BCUT2D eigenvalue weighted by atomic mass is 10.2. The Morgan fingerprint density at radius 3 is 2.52 bits per heavy atom. The van der Waals surface area contributed by atoms with E-state index in [-0.39, 0.29) is 24.7 Å². The number of piperazine rings is 1. The first-order valence-corrected chi connectivity index (χ1v) is 10.9. The molecule has 0 atom stereocenters. The van der Waals surface area contributed by atoms with Gasteiger partial charge in [-0.25, -0.2) is 8.42 Å². The highest BCUT2D eigenvalue weighted by molar-refractivity contribution is 7.89. The van der Waals surface area contributed by atoms with E-state index in [0.717, 1.165) is 35.6 Å². The minimum Gasteiger partial charge on any atom is -0.335 e. The average Bonchev–Trinajstić information content (AvgIpc) is 3.20. The van der Waals surface area contributed by atoms with E-state index >= 15 is 0 Å². The number of rotatable bonds is 6. The van der Waals surface area contributed by atoms with E-state index in [4.69, 9.17) is 0 Å². The van der Waals surface area contributed by atoms with Crippen molar-refractivity contribution in [3.05, 3.63) is 41.7 Å². The lowest BCUT2D eigenvalue weighted by Crippen LogP contribution is -2.47. The molecule has 9 nitrogen and oxygen atoms in total. The molecule has 0 radical (unpaired) electrons. The van der Waals surface area contributed by atoms with Gasteiger partial charge in [0.25, 0.3) is 5.91 Å². The largest absolute Gasteiger partial charge is 0.416 e. The van der Waals surface area contributed by atoms with Crippen LogP contribution in [-0.4, -0.2) is 90.2 Å². The molecule has 2 aromatic rings. The van der Waals surface area contributed by atoms with E-state index in [2.05, 4.69) is 15.2 Å². The summed E-state index contributed by atoms with van der Waals surface area (Å²) in [7, 11) is -0.891. The third-order valence-corrected chi connectivity index (χ3v) is 6.91. The third-order valence-electron chi connectivity index (χ3n) is 5.06. The number of halogens is 3. The standard InChI is InChI=1S/C18H23F3N6O3S/c1-24-6-9-26(10-7-24)17(28)16-13-27(23-22-16)11-8-25(2)31(29,30)15-5-3-4-14(12-15)18(19,20)21/h3-5,12-13H,6-11H2,1-2H3. The summed E-state index contributed by atoms with van der Waals surface area (Å²) < 4.78 is 66.2. The van der Waals surface area contributed by atoms with Gasteiger partial charge in [-0.05, 0) is 25.2 Å². The normalized spacial score (nSPS) is 16.1. The predicted octanol–water partition coefficient (Wildman–Crippen LogP) is 1.01. The number of likely N-dealkylation sites (N-methyl/N-ethyl adjacent to an activating group) is 2. The summed E-state index contributed by atoms with van der Waals surface area (Å²) >= 11 is 0. The Kier molecular flexibility index (Phi) is 6.67. The molecule has 0 unspecified atom stereocenters. The molecule has 13 heteroatoms. The predicted molar refractivity (Wildman–Crippen MR) is 105 cm³/mol. The summed E-state index contributed by atoms with van der Waals surface area (Å²) in [6.45, 7) is 2.71. The lowest BCUT2D eigenvalue weighted by Gasteiger charge is -2.31. The van der Waals surface area contributed by atoms with Crippen LogP contribution in [0.4, 0.5) is 13.2 Å². The van der Waals surface area contributed by atoms with Gasteiger partial charge in [0.15, 0.2) is 5.69 Å². The molecule has 2 heterocycles. The molecule has 3 rings (SSSR count). The van der Waals surface area contributed by atoms with Gasteiger partial charge in [0.2, 0.25) is 10.0 Å². The maximum Gasteiger partial charge on any atom is 0.416 e. The minimum absolute atomic E-state index is 0.0654. The third kappa shape index (κ3) is 5.40. The number of nitrogens with zero attached hydrogens (tertiary/aromatic N) is 6. The summed E-state index contributed by atoms with van der Waals surface area (Å²) in [5, 5.41) is 7.72. The van der Waals surface area contributed by atoms with Crippen LogP contribution in [0.5, 0.6) is 0 Å². The zero-order chi connectivity index (χ0) is 22.8. The van der Waals surface area contributed by atoms with Gasteiger partial charge < -0.3 is 9.80 Å². The van der Waals surface area contributed by atoms with Crippen molar-refractivity contribution in [2.75, 3.05) is 46.8 Å². The van der Waals surface area contributed by atoms with Crippen LogP contribution in [0.25, 0.3) is 0 Å². The Morgan fingerprint density at radius 2 is 1.87 bits per heavy atom. The second kappa shape index (κ2) is 8.93. The molecule has 1 amide bonds. The topological polar surface area (TPSA) is 91.6 Å². The van der Waals surface area contributed by atoms with E-state index < -0.39 is 26.7 Å². The molecule has 1 aliphatic rings.